The van der Waals surface area contributed by atoms with Crippen molar-refractivity contribution in [2.24, 2.45) is 0 Å². The standard InChI is InChI=1S/C19H25N3O3S2/c1-3-27(24,25)17-6-4-5-16(11-17)21-19(23)20-12-14(2)22-9-7-18-15(13-22)8-10-26-18/h4-6,8,10-11,14H,3,7,9,12-13H2,1-2H3,(H2,20,21,23). The minimum Gasteiger partial charge on any atom is -0.336 e. The minimum absolute atomic E-state index is 0.0296. The largest absolute Gasteiger partial charge is 0.336 e. The number of rotatable bonds is 6. The zero-order valence-corrected chi connectivity index (χ0v) is 17.2. The molecule has 0 radical (unpaired) electrons. The van der Waals surface area contributed by atoms with E-state index in [2.05, 4.69) is 33.9 Å². The van der Waals surface area contributed by atoms with Gasteiger partial charge in [-0.1, -0.05) is 13.0 Å². The number of urea groups is 1. The molecule has 0 aliphatic carbocycles. The quantitative estimate of drug-likeness (QED) is 0.771. The van der Waals surface area contributed by atoms with Crippen LogP contribution in [0.2, 0.25) is 0 Å². The van der Waals surface area contributed by atoms with Gasteiger partial charge in [0.15, 0.2) is 9.84 Å². The summed E-state index contributed by atoms with van der Waals surface area (Å²) in [5, 5.41) is 7.73. The molecule has 27 heavy (non-hydrogen) atoms. The molecule has 8 heteroatoms. The van der Waals surface area contributed by atoms with E-state index in [4.69, 9.17) is 0 Å². The Labute approximate surface area is 164 Å². The van der Waals surface area contributed by atoms with E-state index in [1.165, 1.54) is 16.5 Å². The number of amides is 2. The first-order chi connectivity index (χ1) is 12.9. The van der Waals surface area contributed by atoms with Crippen LogP contribution in [0.1, 0.15) is 24.3 Å². The predicted octanol–water partition coefficient (Wildman–Crippen LogP) is 3.11. The summed E-state index contributed by atoms with van der Waals surface area (Å²) < 4.78 is 23.9. The Morgan fingerprint density at radius 1 is 1.33 bits per heavy atom. The molecule has 2 aromatic rings. The number of hydrogen-bond acceptors (Lipinski definition) is 5. The highest BCUT2D eigenvalue weighted by Crippen LogP contribution is 2.25. The fourth-order valence-corrected chi connectivity index (χ4v) is 4.94. The van der Waals surface area contributed by atoms with Crippen molar-refractivity contribution in [3.8, 4) is 0 Å². The van der Waals surface area contributed by atoms with Crippen molar-refractivity contribution in [3.05, 3.63) is 46.2 Å². The minimum atomic E-state index is -3.29. The molecule has 2 amide bonds. The van der Waals surface area contributed by atoms with E-state index in [0.29, 0.717) is 12.2 Å². The Balaban J connectivity index is 1.52. The summed E-state index contributed by atoms with van der Waals surface area (Å²) in [7, 11) is -3.29. The Morgan fingerprint density at radius 2 is 2.15 bits per heavy atom. The third kappa shape index (κ3) is 4.88. The van der Waals surface area contributed by atoms with Crippen molar-refractivity contribution >= 4 is 32.9 Å². The van der Waals surface area contributed by atoms with E-state index in [0.717, 1.165) is 19.5 Å². The van der Waals surface area contributed by atoms with E-state index in [9.17, 15) is 13.2 Å². The number of nitrogens with zero attached hydrogens (tertiary/aromatic N) is 1. The van der Waals surface area contributed by atoms with Crippen molar-refractivity contribution < 1.29 is 13.2 Å². The summed E-state index contributed by atoms with van der Waals surface area (Å²) in [5.74, 6) is 0.0296. The Kier molecular flexibility index (Phi) is 6.18. The highest BCUT2D eigenvalue weighted by molar-refractivity contribution is 7.91. The lowest BCUT2D eigenvalue weighted by Gasteiger charge is -2.32. The molecule has 6 nitrogen and oxygen atoms in total. The molecule has 1 aromatic heterocycles. The van der Waals surface area contributed by atoms with Gasteiger partial charge in [0.25, 0.3) is 0 Å². The van der Waals surface area contributed by atoms with Gasteiger partial charge in [0.1, 0.15) is 0 Å². The number of fused-ring (bicyclic) bond motifs is 1. The fourth-order valence-electron chi connectivity index (χ4n) is 3.13. The molecule has 0 fully saturated rings. The normalized spacial score (nSPS) is 15.8. The first kappa shape index (κ1) is 19.9. The van der Waals surface area contributed by atoms with E-state index >= 15 is 0 Å². The third-order valence-corrected chi connectivity index (χ3v) is 7.60. The lowest BCUT2D eigenvalue weighted by atomic mass is 10.1. The smallest absolute Gasteiger partial charge is 0.319 e. The molecular formula is C19H25N3O3S2. The fraction of sp³-hybridized carbons (Fsp3) is 0.421. The van der Waals surface area contributed by atoms with Crippen LogP contribution >= 0.6 is 11.3 Å². The van der Waals surface area contributed by atoms with Gasteiger partial charge in [-0.05, 0) is 48.6 Å². The van der Waals surface area contributed by atoms with Crippen LogP contribution in [0.15, 0.2) is 40.6 Å². The predicted molar refractivity (Wildman–Crippen MR) is 109 cm³/mol. The van der Waals surface area contributed by atoms with Crippen LogP contribution in [0.4, 0.5) is 10.5 Å². The zero-order valence-electron chi connectivity index (χ0n) is 15.6. The number of benzene rings is 1. The topological polar surface area (TPSA) is 78.5 Å². The lowest BCUT2D eigenvalue weighted by molar-refractivity contribution is 0.188. The van der Waals surface area contributed by atoms with E-state index in [1.807, 2.05) is 11.3 Å². The molecule has 1 aliphatic heterocycles. The summed E-state index contributed by atoms with van der Waals surface area (Å²) >= 11 is 1.81. The van der Waals surface area contributed by atoms with Gasteiger partial charge in [-0.25, -0.2) is 13.2 Å². The van der Waals surface area contributed by atoms with Crippen molar-refractivity contribution in [1.29, 1.82) is 0 Å². The molecule has 146 valence electrons. The SMILES string of the molecule is CCS(=O)(=O)c1cccc(NC(=O)NCC(C)N2CCc3sccc3C2)c1. The molecule has 1 aromatic carbocycles. The zero-order chi connectivity index (χ0) is 19.4. The van der Waals surface area contributed by atoms with Gasteiger partial charge in [0.05, 0.1) is 10.6 Å². The van der Waals surface area contributed by atoms with Gasteiger partial charge in [-0.15, -0.1) is 11.3 Å². The second-order valence-corrected chi connectivity index (χ2v) is 9.98. The molecule has 0 bridgehead atoms. The molecule has 0 saturated carbocycles. The first-order valence-electron chi connectivity index (χ1n) is 9.06. The molecule has 2 N–H and O–H groups in total. The van der Waals surface area contributed by atoms with Crippen molar-refractivity contribution in [2.45, 2.75) is 37.8 Å². The van der Waals surface area contributed by atoms with Crippen molar-refractivity contribution in [1.82, 2.24) is 10.2 Å². The highest BCUT2D eigenvalue weighted by Gasteiger charge is 2.21. The number of nitrogens with one attached hydrogen (secondary N) is 2. The summed E-state index contributed by atoms with van der Waals surface area (Å²) in [6, 6.07) is 8.41. The van der Waals surface area contributed by atoms with Gasteiger partial charge in [-0.3, -0.25) is 4.90 Å². The van der Waals surface area contributed by atoms with Crippen LogP contribution in [-0.4, -0.2) is 44.2 Å². The Hall–Kier alpha value is -1.90. The van der Waals surface area contributed by atoms with Crippen LogP contribution in [0.25, 0.3) is 0 Å². The Morgan fingerprint density at radius 3 is 2.93 bits per heavy atom. The van der Waals surface area contributed by atoms with Gasteiger partial charge in [0.2, 0.25) is 0 Å². The van der Waals surface area contributed by atoms with E-state index in [1.54, 1.807) is 25.1 Å². The second kappa shape index (κ2) is 8.41. The molecule has 0 spiro atoms. The molecule has 2 heterocycles. The van der Waals surface area contributed by atoms with Gasteiger partial charge < -0.3 is 10.6 Å². The molecule has 1 unspecified atom stereocenters. The number of thiophene rings is 1. The second-order valence-electron chi connectivity index (χ2n) is 6.70. The number of anilines is 1. The van der Waals surface area contributed by atoms with Crippen LogP contribution in [0.3, 0.4) is 0 Å². The molecular weight excluding hydrogens is 382 g/mol. The Bertz CT molecular complexity index is 908. The monoisotopic (exact) mass is 407 g/mol. The molecule has 1 atom stereocenters. The summed E-state index contributed by atoms with van der Waals surface area (Å²) in [5.41, 5.74) is 1.85. The maximum absolute atomic E-state index is 12.2. The maximum Gasteiger partial charge on any atom is 0.319 e. The molecule has 3 rings (SSSR count). The molecule has 1 aliphatic rings. The molecule has 0 saturated heterocycles. The van der Waals surface area contributed by atoms with Crippen LogP contribution < -0.4 is 10.6 Å². The summed E-state index contributed by atoms with van der Waals surface area (Å²) in [6.45, 7) is 6.14. The van der Waals surface area contributed by atoms with E-state index < -0.39 is 9.84 Å². The maximum atomic E-state index is 12.2. The summed E-state index contributed by atoms with van der Waals surface area (Å²) in [4.78, 5) is 16.2. The number of sulfone groups is 1. The summed E-state index contributed by atoms with van der Waals surface area (Å²) in [6.07, 6.45) is 1.06. The first-order valence-corrected chi connectivity index (χ1v) is 11.6. The van der Waals surface area contributed by atoms with Crippen LogP contribution in [-0.2, 0) is 22.8 Å². The number of carbonyl (C=O) groups excluding carboxylic acids is 1. The number of hydrogen-bond donors (Lipinski definition) is 2. The van der Waals surface area contributed by atoms with Gasteiger partial charge >= 0.3 is 6.03 Å². The average Bonchev–Trinajstić information content (AvgIpc) is 3.14. The van der Waals surface area contributed by atoms with Crippen LogP contribution in [0, 0.1) is 0 Å². The van der Waals surface area contributed by atoms with Crippen molar-refractivity contribution in [2.75, 3.05) is 24.2 Å². The van der Waals surface area contributed by atoms with Crippen molar-refractivity contribution in [3.63, 3.8) is 0 Å². The van der Waals surface area contributed by atoms with Gasteiger partial charge in [0, 0.05) is 36.2 Å². The highest BCUT2D eigenvalue weighted by atomic mass is 32.2. The average molecular weight is 408 g/mol. The number of carbonyl (C=O) groups is 1. The van der Waals surface area contributed by atoms with Crippen LogP contribution in [0.5, 0.6) is 0 Å². The lowest BCUT2D eigenvalue weighted by Crippen LogP contribution is -2.45. The van der Waals surface area contributed by atoms with Gasteiger partial charge in [-0.2, -0.15) is 0 Å². The van der Waals surface area contributed by atoms with E-state index in [-0.39, 0.29) is 22.7 Å². The third-order valence-electron chi connectivity index (χ3n) is 4.85.